The zero-order valence-corrected chi connectivity index (χ0v) is 18.4. The minimum Gasteiger partial charge on any atom is -0.493 e. The summed E-state index contributed by atoms with van der Waals surface area (Å²) in [6, 6.07) is 20.4. The maximum Gasteiger partial charge on any atom is 0.271 e. The van der Waals surface area contributed by atoms with E-state index in [0.717, 1.165) is 29.0 Å². The average molecular weight is 437 g/mol. The molecule has 0 atom stereocenters. The van der Waals surface area contributed by atoms with Crippen LogP contribution in [0, 0.1) is 13.8 Å². The topological polar surface area (TPSA) is 59.9 Å². The van der Waals surface area contributed by atoms with Crippen LogP contribution in [0.25, 0.3) is 0 Å². The van der Waals surface area contributed by atoms with Crippen LogP contribution >= 0.6 is 11.6 Å². The lowest BCUT2D eigenvalue weighted by molar-refractivity contribution is 0.0955. The Morgan fingerprint density at radius 2 is 1.81 bits per heavy atom. The van der Waals surface area contributed by atoms with Gasteiger partial charge in [-0.15, -0.1) is 0 Å². The maximum absolute atomic E-state index is 12.1. The Hall–Kier alpha value is -3.31. The number of hydrogen-bond donors (Lipinski definition) is 1. The zero-order chi connectivity index (χ0) is 22.1. The number of hydrogen-bond acceptors (Lipinski definition) is 4. The smallest absolute Gasteiger partial charge is 0.271 e. The Labute approximate surface area is 187 Å². The maximum atomic E-state index is 12.1. The highest BCUT2D eigenvalue weighted by molar-refractivity contribution is 6.30. The third-order valence-corrected chi connectivity index (χ3v) is 4.72. The summed E-state index contributed by atoms with van der Waals surface area (Å²) >= 11 is 5.90. The number of nitrogens with zero attached hydrogens (tertiary/aromatic N) is 1. The quantitative estimate of drug-likeness (QED) is 0.271. The molecule has 1 N–H and O–H groups in total. The van der Waals surface area contributed by atoms with E-state index in [9.17, 15) is 4.79 Å². The lowest BCUT2D eigenvalue weighted by atomic mass is 10.1. The Morgan fingerprint density at radius 1 is 1.00 bits per heavy atom. The highest BCUT2D eigenvalue weighted by Gasteiger charge is 2.04. The fraction of sp³-hybridized carbons (Fsp3) is 0.200. The molecule has 6 heteroatoms. The number of carbonyl (C=O) groups excluding carboxylic acids is 1. The van der Waals surface area contributed by atoms with Crippen molar-refractivity contribution in [3.63, 3.8) is 0 Å². The van der Waals surface area contributed by atoms with Gasteiger partial charge in [-0.05, 0) is 66.9 Å². The van der Waals surface area contributed by atoms with Gasteiger partial charge in [-0.2, -0.15) is 5.10 Å². The molecule has 0 aromatic heterocycles. The van der Waals surface area contributed by atoms with E-state index in [0.29, 0.717) is 23.8 Å². The van der Waals surface area contributed by atoms with E-state index >= 15 is 0 Å². The zero-order valence-electron chi connectivity index (χ0n) is 17.6. The second kappa shape index (κ2) is 11.2. The molecule has 3 aromatic carbocycles. The summed E-state index contributed by atoms with van der Waals surface area (Å²) in [6.07, 6.45) is 2.33. The van der Waals surface area contributed by atoms with E-state index in [1.807, 2.05) is 37.3 Å². The van der Waals surface area contributed by atoms with Gasteiger partial charge >= 0.3 is 0 Å². The van der Waals surface area contributed by atoms with E-state index in [1.54, 1.807) is 30.5 Å². The molecule has 0 saturated carbocycles. The number of amides is 1. The number of halogens is 1. The van der Waals surface area contributed by atoms with Crippen LogP contribution in [0.1, 0.15) is 33.5 Å². The third kappa shape index (κ3) is 7.15. The average Bonchev–Trinajstić information content (AvgIpc) is 2.76. The third-order valence-electron chi connectivity index (χ3n) is 4.48. The van der Waals surface area contributed by atoms with E-state index in [1.165, 1.54) is 5.56 Å². The second-order valence-electron chi connectivity index (χ2n) is 7.10. The molecular formula is C25H25ClN2O3. The lowest BCUT2D eigenvalue weighted by Crippen LogP contribution is -2.17. The second-order valence-corrected chi connectivity index (χ2v) is 7.54. The summed E-state index contributed by atoms with van der Waals surface area (Å²) in [5, 5.41) is 4.50. The van der Waals surface area contributed by atoms with Crippen molar-refractivity contribution >= 4 is 23.7 Å². The van der Waals surface area contributed by atoms with Crippen LogP contribution in [-0.2, 0) is 0 Å². The highest BCUT2D eigenvalue weighted by Crippen LogP contribution is 2.19. The number of ether oxygens (including phenoxy) is 2. The standard InChI is InChI=1S/C25H25ClN2O3/c1-18-10-11-19(2)24(14-18)31-13-5-12-30-23-9-3-6-20(15-23)17-27-28-25(29)21-7-4-8-22(26)16-21/h3-4,6-11,14-17H,5,12-13H2,1-2H3,(H,28,29). The van der Waals surface area contributed by atoms with Gasteiger partial charge in [0.05, 0.1) is 19.4 Å². The summed E-state index contributed by atoms with van der Waals surface area (Å²) in [5.74, 6) is 1.32. The van der Waals surface area contributed by atoms with Crippen molar-refractivity contribution in [1.29, 1.82) is 0 Å². The lowest BCUT2D eigenvalue weighted by Gasteiger charge is -2.11. The number of benzene rings is 3. The molecule has 0 aliphatic heterocycles. The van der Waals surface area contributed by atoms with Crippen LogP contribution < -0.4 is 14.9 Å². The van der Waals surface area contributed by atoms with Crippen LogP contribution in [-0.4, -0.2) is 25.3 Å². The molecule has 160 valence electrons. The molecule has 0 radical (unpaired) electrons. The number of nitrogens with one attached hydrogen (secondary N) is 1. The number of hydrazone groups is 1. The summed E-state index contributed by atoms with van der Waals surface area (Å²) in [6.45, 7) is 5.21. The van der Waals surface area contributed by atoms with Crippen LogP contribution in [0.3, 0.4) is 0 Å². The first-order chi connectivity index (χ1) is 15.0. The van der Waals surface area contributed by atoms with Crippen molar-refractivity contribution < 1.29 is 14.3 Å². The van der Waals surface area contributed by atoms with Gasteiger partial charge in [0.1, 0.15) is 11.5 Å². The fourth-order valence-electron chi connectivity index (χ4n) is 2.84. The van der Waals surface area contributed by atoms with Crippen LogP contribution in [0.2, 0.25) is 5.02 Å². The molecule has 0 aliphatic carbocycles. The molecule has 0 fully saturated rings. The van der Waals surface area contributed by atoms with Crippen LogP contribution in [0.15, 0.2) is 71.8 Å². The Bertz CT molecular complexity index is 1070. The number of aryl methyl sites for hydroxylation is 2. The van der Waals surface area contributed by atoms with Gasteiger partial charge in [0.15, 0.2) is 0 Å². The minimum atomic E-state index is -0.324. The molecule has 31 heavy (non-hydrogen) atoms. The first-order valence-corrected chi connectivity index (χ1v) is 10.4. The van der Waals surface area contributed by atoms with E-state index < -0.39 is 0 Å². The van der Waals surface area contributed by atoms with Crippen molar-refractivity contribution in [3.8, 4) is 11.5 Å². The first-order valence-electron chi connectivity index (χ1n) is 10.0. The molecule has 0 heterocycles. The molecule has 0 aliphatic rings. The van der Waals surface area contributed by atoms with Gasteiger partial charge in [-0.25, -0.2) is 5.43 Å². The Kier molecular flexibility index (Phi) is 8.07. The summed E-state index contributed by atoms with van der Waals surface area (Å²) in [5.41, 5.74) is 6.06. The number of carbonyl (C=O) groups is 1. The Balaban J connectivity index is 1.44. The number of rotatable bonds is 9. The van der Waals surface area contributed by atoms with Gasteiger partial charge in [0.25, 0.3) is 5.91 Å². The Morgan fingerprint density at radius 3 is 2.65 bits per heavy atom. The largest absolute Gasteiger partial charge is 0.493 e. The van der Waals surface area contributed by atoms with Crippen LogP contribution in [0.4, 0.5) is 0 Å². The summed E-state index contributed by atoms with van der Waals surface area (Å²) in [4.78, 5) is 12.1. The van der Waals surface area contributed by atoms with Gasteiger partial charge < -0.3 is 9.47 Å². The molecule has 0 unspecified atom stereocenters. The highest BCUT2D eigenvalue weighted by atomic mass is 35.5. The minimum absolute atomic E-state index is 0.324. The van der Waals surface area contributed by atoms with E-state index in [4.69, 9.17) is 21.1 Å². The SMILES string of the molecule is Cc1ccc(C)c(OCCCOc2cccc(C=NNC(=O)c3cccc(Cl)c3)c2)c1. The van der Waals surface area contributed by atoms with Gasteiger partial charge in [0, 0.05) is 17.0 Å². The van der Waals surface area contributed by atoms with Crippen molar-refractivity contribution in [3.05, 3.63) is 94.0 Å². The van der Waals surface area contributed by atoms with E-state index in [2.05, 4.69) is 29.6 Å². The van der Waals surface area contributed by atoms with Gasteiger partial charge in [-0.1, -0.05) is 41.9 Å². The van der Waals surface area contributed by atoms with Crippen molar-refractivity contribution in [1.82, 2.24) is 5.43 Å². The molecule has 0 saturated heterocycles. The normalized spacial score (nSPS) is 10.8. The molecule has 1 amide bonds. The van der Waals surface area contributed by atoms with Crippen LogP contribution in [0.5, 0.6) is 11.5 Å². The first kappa shape index (κ1) is 22.4. The molecule has 3 rings (SSSR count). The van der Waals surface area contributed by atoms with Crippen molar-refractivity contribution in [2.24, 2.45) is 5.10 Å². The fourth-order valence-corrected chi connectivity index (χ4v) is 3.03. The van der Waals surface area contributed by atoms with E-state index in [-0.39, 0.29) is 5.91 Å². The molecule has 3 aromatic rings. The summed E-state index contributed by atoms with van der Waals surface area (Å²) < 4.78 is 11.7. The van der Waals surface area contributed by atoms with Gasteiger partial charge in [-0.3, -0.25) is 4.79 Å². The molecule has 5 nitrogen and oxygen atoms in total. The molecular weight excluding hydrogens is 412 g/mol. The molecule has 0 spiro atoms. The monoisotopic (exact) mass is 436 g/mol. The van der Waals surface area contributed by atoms with Gasteiger partial charge in [0.2, 0.25) is 0 Å². The predicted octanol–water partition coefficient (Wildman–Crippen LogP) is 5.57. The summed E-state index contributed by atoms with van der Waals surface area (Å²) in [7, 11) is 0. The van der Waals surface area contributed by atoms with Crippen molar-refractivity contribution in [2.45, 2.75) is 20.3 Å². The van der Waals surface area contributed by atoms with Crippen molar-refractivity contribution in [2.75, 3.05) is 13.2 Å². The molecule has 0 bridgehead atoms. The predicted molar refractivity (Wildman–Crippen MR) is 124 cm³/mol.